The topological polar surface area (TPSA) is 86.7 Å². The number of aliphatic carboxylic acids is 1. The first-order chi connectivity index (χ1) is 10.7. The molecule has 6 heteroatoms. The van der Waals surface area contributed by atoms with E-state index in [0.29, 0.717) is 38.8 Å². The van der Waals surface area contributed by atoms with E-state index in [1.807, 2.05) is 32.6 Å². The summed E-state index contributed by atoms with van der Waals surface area (Å²) in [6.07, 6.45) is 2.40. The van der Waals surface area contributed by atoms with Crippen molar-refractivity contribution in [3.8, 4) is 0 Å². The van der Waals surface area contributed by atoms with Crippen LogP contribution in [0, 0.1) is 11.8 Å². The number of hydrogen-bond donors (Lipinski definition) is 2. The van der Waals surface area contributed by atoms with Crippen LogP contribution in [0.15, 0.2) is 0 Å². The Morgan fingerprint density at radius 2 is 1.70 bits per heavy atom. The van der Waals surface area contributed by atoms with Crippen LogP contribution >= 0.6 is 0 Å². The number of piperidine rings is 1. The van der Waals surface area contributed by atoms with E-state index in [0.717, 1.165) is 0 Å². The maximum Gasteiger partial charge on any atom is 0.305 e. The van der Waals surface area contributed by atoms with Gasteiger partial charge in [0.05, 0.1) is 6.42 Å². The number of carbonyl (C=O) groups excluding carboxylic acids is 2. The minimum atomic E-state index is -0.897. The fourth-order valence-electron chi connectivity index (χ4n) is 3.10. The third-order valence-corrected chi connectivity index (χ3v) is 4.90. The molecule has 0 aromatic carbocycles. The van der Waals surface area contributed by atoms with Crippen LogP contribution in [-0.2, 0) is 14.4 Å². The highest BCUT2D eigenvalue weighted by molar-refractivity contribution is 5.82. The van der Waals surface area contributed by atoms with Gasteiger partial charge in [-0.1, -0.05) is 27.7 Å². The number of carboxylic acids is 1. The number of nitrogens with zero attached hydrogens (tertiary/aromatic N) is 1. The lowest BCUT2D eigenvalue weighted by Gasteiger charge is -2.36. The van der Waals surface area contributed by atoms with E-state index in [4.69, 9.17) is 5.11 Å². The average Bonchev–Trinajstić information content (AvgIpc) is 2.52. The molecule has 6 nitrogen and oxygen atoms in total. The Balaban J connectivity index is 2.62. The maximum absolute atomic E-state index is 12.5. The predicted octanol–water partition coefficient (Wildman–Crippen LogP) is 2.03. The molecule has 2 N–H and O–H groups in total. The SMILES string of the molecule is CCC(CC)(CC(=O)O)NC(=O)C1CCN(C(=O)C(C)C)CC1. The number of hydrogen-bond acceptors (Lipinski definition) is 3. The summed E-state index contributed by atoms with van der Waals surface area (Å²) >= 11 is 0. The number of amides is 2. The number of carbonyl (C=O) groups is 3. The van der Waals surface area contributed by atoms with Gasteiger partial charge in [-0.05, 0) is 25.7 Å². The van der Waals surface area contributed by atoms with Gasteiger partial charge in [-0.2, -0.15) is 0 Å². The molecule has 2 amide bonds. The molecule has 1 aliphatic heterocycles. The normalized spacial score (nSPS) is 16.5. The summed E-state index contributed by atoms with van der Waals surface area (Å²) in [6, 6.07) is 0. The summed E-state index contributed by atoms with van der Waals surface area (Å²) in [5.41, 5.74) is -0.673. The molecule has 0 spiro atoms. The van der Waals surface area contributed by atoms with Crippen LogP contribution in [0.1, 0.15) is 59.8 Å². The predicted molar refractivity (Wildman–Crippen MR) is 87.9 cm³/mol. The molecule has 132 valence electrons. The highest BCUT2D eigenvalue weighted by Crippen LogP contribution is 2.24. The number of likely N-dealkylation sites (tertiary alicyclic amines) is 1. The van der Waals surface area contributed by atoms with Crippen LogP contribution in [0.2, 0.25) is 0 Å². The van der Waals surface area contributed by atoms with Crippen molar-refractivity contribution in [3.63, 3.8) is 0 Å². The highest BCUT2D eigenvalue weighted by Gasteiger charge is 2.35. The van der Waals surface area contributed by atoms with Crippen molar-refractivity contribution in [1.82, 2.24) is 10.2 Å². The smallest absolute Gasteiger partial charge is 0.305 e. The largest absolute Gasteiger partial charge is 0.481 e. The molecule has 1 aliphatic rings. The zero-order valence-corrected chi connectivity index (χ0v) is 14.7. The third kappa shape index (κ3) is 5.22. The van der Waals surface area contributed by atoms with Crippen molar-refractivity contribution in [2.24, 2.45) is 11.8 Å². The van der Waals surface area contributed by atoms with E-state index in [9.17, 15) is 14.4 Å². The van der Waals surface area contributed by atoms with Gasteiger partial charge in [-0.3, -0.25) is 14.4 Å². The van der Waals surface area contributed by atoms with Crippen molar-refractivity contribution < 1.29 is 19.5 Å². The Labute approximate surface area is 138 Å². The van der Waals surface area contributed by atoms with Crippen molar-refractivity contribution in [2.75, 3.05) is 13.1 Å². The van der Waals surface area contributed by atoms with E-state index in [-0.39, 0.29) is 30.1 Å². The summed E-state index contributed by atoms with van der Waals surface area (Å²) in [5.74, 6) is -1.01. The molecule has 0 atom stereocenters. The van der Waals surface area contributed by atoms with Gasteiger partial charge in [0.15, 0.2) is 0 Å². The zero-order chi connectivity index (χ0) is 17.6. The van der Waals surface area contributed by atoms with Crippen LogP contribution in [0.3, 0.4) is 0 Å². The number of carboxylic acid groups (broad SMARTS) is 1. The van der Waals surface area contributed by atoms with E-state index >= 15 is 0 Å². The number of rotatable bonds is 7. The van der Waals surface area contributed by atoms with E-state index in [1.54, 1.807) is 0 Å². The molecule has 0 unspecified atom stereocenters. The van der Waals surface area contributed by atoms with Gasteiger partial charge in [-0.25, -0.2) is 0 Å². The second-order valence-corrected chi connectivity index (χ2v) is 6.80. The van der Waals surface area contributed by atoms with Crippen molar-refractivity contribution in [3.05, 3.63) is 0 Å². The Morgan fingerprint density at radius 1 is 1.17 bits per heavy atom. The van der Waals surface area contributed by atoms with E-state index in [2.05, 4.69) is 5.32 Å². The van der Waals surface area contributed by atoms with Crippen molar-refractivity contribution >= 4 is 17.8 Å². The second kappa shape index (κ2) is 8.31. The Hall–Kier alpha value is -1.59. The third-order valence-electron chi connectivity index (χ3n) is 4.90. The Kier molecular flexibility index (Phi) is 7.03. The summed E-state index contributed by atoms with van der Waals surface area (Å²) in [5, 5.41) is 12.1. The summed E-state index contributed by atoms with van der Waals surface area (Å²) in [7, 11) is 0. The first-order valence-corrected chi connectivity index (χ1v) is 8.57. The van der Waals surface area contributed by atoms with Gasteiger partial charge in [0.25, 0.3) is 0 Å². The second-order valence-electron chi connectivity index (χ2n) is 6.80. The molecule has 1 rings (SSSR count). The Bertz CT molecular complexity index is 436. The number of nitrogens with one attached hydrogen (secondary N) is 1. The minimum Gasteiger partial charge on any atom is -0.481 e. The van der Waals surface area contributed by atoms with Gasteiger partial charge >= 0.3 is 5.97 Å². The molecule has 0 saturated carbocycles. The first-order valence-electron chi connectivity index (χ1n) is 8.57. The molecule has 1 fully saturated rings. The monoisotopic (exact) mass is 326 g/mol. The average molecular weight is 326 g/mol. The molecular weight excluding hydrogens is 296 g/mol. The van der Waals surface area contributed by atoms with E-state index < -0.39 is 11.5 Å². The van der Waals surface area contributed by atoms with Gasteiger partial charge in [0.2, 0.25) is 11.8 Å². The summed E-state index contributed by atoms with van der Waals surface area (Å²) < 4.78 is 0. The van der Waals surface area contributed by atoms with Crippen LogP contribution in [0.25, 0.3) is 0 Å². The molecule has 0 aromatic heterocycles. The molecule has 1 saturated heterocycles. The quantitative estimate of drug-likeness (QED) is 0.749. The van der Waals surface area contributed by atoms with Gasteiger partial charge in [-0.15, -0.1) is 0 Å². The van der Waals surface area contributed by atoms with E-state index in [1.165, 1.54) is 0 Å². The van der Waals surface area contributed by atoms with Gasteiger partial charge in [0.1, 0.15) is 0 Å². The molecule has 0 bridgehead atoms. The Morgan fingerprint density at radius 3 is 2.09 bits per heavy atom. The van der Waals surface area contributed by atoms with Crippen LogP contribution in [-0.4, -0.2) is 46.4 Å². The molecule has 23 heavy (non-hydrogen) atoms. The van der Waals surface area contributed by atoms with Crippen molar-refractivity contribution in [1.29, 1.82) is 0 Å². The maximum atomic E-state index is 12.5. The lowest BCUT2D eigenvalue weighted by molar-refractivity contribution is -0.141. The molecule has 0 radical (unpaired) electrons. The fourth-order valence-corrected chi connectivity index (χ4v) is 3.10. The lowest BCUT2D eigenvalue weighted by Crippen LogP contribution is -2.52. The van der Waals surface area contributed by atoms with Gasteiger partial charge in [0, 0.05) is 30.5 Å². The van der Waals surface area contributed by atoms with Crippen LogP contribution < -0.4 is 5.32 Å². The summed E-state index contributed by atoms with van der Waals surface area (Å²) in [4.78, 5) is 37.4. The molecule has 1 heterocycles. The lowest BCUT2D eigenvalue weighted by atomic mass is 9.87. The summed E-state index contributed by atoms with van der Waals surface area (Å²) in [6.45, 7) is 8.75. The zero-order valence-electron chi connectivity index (χ0n) is 14.7. The fraction of sp³-hybridized carbons (Fsp3) is 0.824. The van der Waals surface area contributed by atoms with Crippen LogP contribution in [0.4, 0.5) is 0 Å². The standard InChI is InChI=1S/C17H30N2O4/c1-5-17(6-2,11-14(20)21)18-15(22)13-7-9-19(10-8-13)16(23)12(3)4/h12-13H,5-11H2,1-4H3,(H,18,22)(H,20,21). The van der Waals surface area contributed by atoms with Crippen molar-refractivity contribution in [2.45, 2.75) is 65.3 Å². The molecule has 0 aliphatic carbocycles. The van der Waals surface area contributed by atoms with Crippen LogP contribution in [0.5, 0.6) is 0 Å². The van der Waals surface area contributed by atoms with Gasteiger partial charge < -0.3 is 15.3 Å². The molecular formula is C17H30N2O4. The minimum absolute atomic E-state index is 0.0243. The highest BCUT2D eigenvalue weighted by atomic mass is 16.4. The first kappa shape index (κ1) is 19.5. The molecule has 0 aromatic rings.